The van der Waals surface area contributed by atoms with Crippen LogP contribution in [-0.2, 0) is 6.54 Å². The van der Waals surface area contributed by atoms with Crippen LogP contribution in [0.15, 0.2) is 30.6 Å². The van der Waals surface area contributed by atoms with Gasteiger partial charge in [0.05, 0.1) is 23.4 Å². The van der Waals surface area contributed by atoms with E-state index in [1.54, 1.807) is 23.1 Å². The number of nitro groups is 1. The minimum Gasteiger partial charge on any atom is -0.454 e. The number of ether oxygens (including phenoxy) is 1. The first-order valence-corrected chi connectivity index (χ1v) is 6.86. The third-order valence-electron chi connectivity index (χ3n) is 2.78. The number of benzene rings is 1. The molecule has 0 fully saturated rings. The quantitative estimate of drug-likeness (QED) is 0.624. The van der Waals surface area contributed by atoms with Crippen molar-refractivity contribution in [3.63, 3.8) is 0 Å². The van der Waals surface area contributed by atoms with Crippen molar-refractivity contribution in [3.05, 3.63) is 40.7 Å². The number of aryl methyl sites for hydroxylation is 1. The summed E-state index contributed by atoms with van der Waals surface area (Å²) < 4.78 is 7.43. The highest BCUT2D eigenvalue weighted by Gasteiger charge is 2.11. The average Bonchev–Trinajstić information content (AvgIpc) is 2.86. The highest BCUT2D eigenvalue weighted by molar-refractivity contribution is 5.56. The van der Waals surface area contributed by atoms with E-state index in [1.165, 1.54) is 12.1 Å². The van der Waals surface area contributed by atoms with E-state index in [2.05, 4.69) is 17.3 Å². The molecule has 2 aromatic rings. The van der Waals surface area contributed by atoms with E-state index in [0.29, 0.717) is 23.7 Å². The second-order valence-corrected chi connectivity index (χ2v) is 4.54. The molecule has 1 heterocycles. The number of nitro benzene ring substituents is 1. The van der Waals surface area contributed by atoms with E-state index in [0.717, 1.165) is 13.0 Å². The van der Waals surface area contributed by atoms with E-state index in [9.17, 15) is 10.1 Å². The molecule has 0 bridgehead atoms. The Labute approximate surface area is 122 Å². The normalized spacial score (nSPS) is 10.4. The summed E-state index contributed by atoms with van der Waals surface area (Å²) in [5.74, 6) is 0.975. The van der Waals surface area contributed by atoms with Crippen LogP contribution in [0.5, 0.6) is 11.5 Å². The third-order valence-corrected chi connectivity index (χ3v) is 2.78. The van der Waals surface area contributed by atoms with Gasteiger partial charge >= 0.3 is 0 Å². The van der Waals surface area contributed by atoms with Crippen LogP contribution >= 0.6 is 0 Å². The third kappa shape index (κ3) is 3.95. The van der Waals surface area contributed by atoms with Gasteiger partial charge in [-0.15, -0.1) is 0 Å². The number of nitrogens with one attached hydrogen (secondary N) is 1. The van der Waals surface area contributed by atoms with Crippen molar-refractivity contribution in [1.29, 1.82) is 0 Å². The first-order chi connectivity index (χ1) is 10.1. The molecule has 0 spiro atoms. The van der Waals surface area contributed by atoms with Crippen LogP contribution in [0, 0.1) is 10.1 Å². The number of anilines is 1. The van der Waals surface area contributed by atoms with Gasteiger partial charge in [-0.25, -0.2) is 0 Å². The average molecular weight is 290 g/mol. The Bertz CT molecular complexity index is 624. The monoisotopic (exact) mass is 290 g/mol. The Morgan fingerprint density at radius 3 is 2.81 bits per heavy atom. The molecule has 1 aromatic heterocycles. The molecule has 0 saturated carbocycles. The summed E-state index contributed by atoms with van der Waals surface area (Å²) in [5, 5.41) is 18.2. The van der Waals surface area contributed by atoms with Gasteiger partial charge in [0.25, 0.3) is 5.69 Å². The Kier molecular flexibility index (Phi) is 4.76. The maximum absolute atomic E-state index is 11.0. The lowest BCUT2D eigenvalue weighted by molar-refractivity contribution is -0.384. The summed E-state index contributed by atoms with van der Waals surface area (Å²) in [5.41, 5.74) is 0.645. The molecule has 0 aliphatic heterocycles. The zero-order chi connectivity index (χ0) is 15.2. The summed E-state index contributed by atoms with van der Waals surface area (Å²) in [4.78, 5) is 10.5. The van der Waals surface area contributed by atoms with Crippen molar-refractivity contribution in [2.45, 2.75) is 26.8 Å². The number of hydrogen-bond donors (Lipinski definition) is 1. The van der Waals surface area contributed by atoms with Crippen LogP contribution < -0.4 is 10.1 Å². The lowest BCUT2D eigenvalue weighted by Gasteiger charge is -2.07. The Balaban J connectivity index is 2.22. The van der Waals surface area contributed by atoms with E-state index < -0.39 is 4.92 Å². The highest BCUT2D eigenvalue weighted by Crippen LogP contribution is 2.29. The Morgan fingerprint density at radius 2 is 2.14 bits per heavy atom. The van der Waals surface area contributed by atoms with Crippen molar-refractivity contribution < 1.29 is 9.66 Å². The molecule has 1 N–H and O–H groups in total. The molecular weight excluding hydrogens is 272 g/mol. The number of aromatic nitrogens is 2. The van der Waals surface area contributed by atoms with Crippen molar-refractivity contribution >= 4 is 11.4 Å². The molecule has 0 unspecified atom stereocenters. The lowest BCUT2D eigenvalue weighted by Crippen LogP contribution is -1.98. The second-order valence-electron chi connectivity index (χ2n) is 4.54. The molecule has 0 aliphatic carbocycles. The minimum absolute atomic E-state index is 0.00981. The van der Waals surface area contributed by atoms with Gasteiger partial charge in [0, 0.05) is 30.9 Å². The minimum atomic E-state index is -0.436. The maximum atomic E-state index is 11.0. The topological polar surface area (TPSA) is 82.2 Å². The molecule has 0 aliphatic rings. The van der Waals surface area contributed by atoms with Crippen molar-refractivity contribution in [3.8, 4) is 11.5 Å². The molecule has 112 valence electrons. The first kappa shape index (κ1) is 14.8. The van der Waals surface area contributed by atoms with E-state index >= 15 is 0 Å². The fourth-order valence-electron chi connectivity index (χ4n) is 1.94. The standard InChI is InChI=1S/C14H18N4O3/c1-3-5-17-10-14(9-16-17)21-13-7-11(15-4-2)6-12(8-13)18(19)20/h6-10,15H,3-5H2,1-2H3. The Morgan fingerprint density at radius 1 is 1.33 bits per heavy atom. The molecule has 2 rings (SSSR count). The summed E-state index contributed by atoms with van der Waals surface area (Å²) in [6.07, 6.45) is 4.35. The van der Waals surface area contributed by atoms with Crippen LogP contribution in [0.4, 0.5) is 11.4 Å². The summed E-state index contributed by atoms with van der Waals surface area (Å²) in [7, 11) is 0. The van der Waals surface area contributed by atoms with E-state index in [4.69, 9.17) is 4.74 Å². The van der Waals surface area contributed by atoms with Gasteiger partial charge in [-0.1, -0.05) is 6.92 Å². The second kappa shape index (κ2) is 6.74. The van der Waals surface area contributed by atoms with Crippen molar-refractivity contribution in [2.24, 2.45) is 0 Å². The van der Waals surface area contributed by atoms with Crippen LogP contribution in [-0.4, -0.2) is 21.2 Å². The predicted octanol–water partition coefficient (Wildman–Crippen LogP) is 3.43. The maximum Gasteiger partial charge on any atom is 0.275 e. The summed E-state index contributed by atoms with van der Waals surface area (Å²) in [6, 6.07) is 4.61. The molecule has 7 nitrogen and oxygen atoms in total. The van der Waals surface area contributed by atoms with Gasteiger partial charge in [0.15, 0.2) is 5.75 Å². The van der Waals surface area contributed by atoms with Crippen molar-refractivity contribution in [1.82, 2.24) is 9.78 Å². The van der Waals surface area contributed by atoms with Gasteiger partial charge in [0.1, 0.15) is 5.75 Å². The molecule has 0 atom stereocenters. The number of rotatable bonds is 7. The summed E-state index contributed by atoms with van der Waals surface area (Å²) >= 11 is 0. The smallest absolute Gasteiger partial charge is 0.275 e. The number of hydrogen-bond acceptors (Lipinski definition) is 5. The highest BCUT2D eigenvalue weighted by atomic mass is 16.6. The van der Waals surface area contributed by atoms with Crippen LogP contribution in [0.25, 0.3) is 0 Å². The SMILES string of the molecule is CCCn1cc(Oc2cc(NCC)cc([N+](=O)[O-])c2)cn1. The fourth-order valence-corrected chi connectivity index (χ4v) is 1.94. The van der Waals surface area contributed by atoms with Crippen molar-refractivity contribution in [2.75, 3.05) is 11.9 Å². The zero-order valence-corrected chi connectivity index (χ0v) is 12.1. The lowest BCUT2D eigenvalue weighted by atomic mass is 10.2. The van der Waals surface area contributed by atoms with Gasteiger partial charge in [-0.2, -0.15) is 5.10 Å². The fraction of sp³-hybridized carbons (Fsp3) is 0.357. The van der Waals surface area contributed by atoms with Gasteiger partial charge < -0.3 is 10.1 Å². The molecular formula is C14H18N4O3. The first-order valence-electron chi connectivity index (χ1n) is 6.86. The van der Waals surface area contributed by atoms with E-state index in [-0.39, 0.29) is 5.69 Å². The van der Waals surface area contributed by atoms with Crippen LogP contribution in [0.1, 0.15) is 20.3 Å². The molecule has 1 aromatic carbocycles. The molecule has 0 saturated heterocycles. The van der Waals surface area contributed by atoms with E-state index in [1.807, 2.05) is 6.92 Å². The van der Waals surface area contributed by atoms with Gasteiger partial charge in [-0.3, -0.25) is 14.8 Å². The van der Waals surface area contributed by atoms with Crippen LogP contribution in [0.2, 0.25) is 0 Å². The van der Waals surface area contributed by atoms with Gasteiger partial charge in [-0.05, 0) is 13.3 Å². The van der Waals surface area contributed by atoms with Gasteiger partial charge in [0.2, 0.25) is 0 Å². The largest absolute Gasteiger partial charge is 0.454 e. The number of nitrogens with zero attached hydrogens (tertiary/aromatic N) is 3. The molecule has 0 amide bonds. The predicted molar refractivity (Wildman–Crippen MR) is 79.9 cm³/mol. The Hall–Kier alpha value is -2.57. The molecule has 0 radical (unpaired) electrons. The number of non-ortho nitro benzene ring substituents is 1. The summed E-state index contributed by atoms with van der Waals surface area (Å²) in [6.45, 7) is 5.47. The molecule has 21 heavy (non-hydrogen) atoms. The zero-order valence-electron chi connectivity index (χ0n) is 12.1. The molecule has 7 heteroatoms. The van der Waals surface area contributed by atoms with Crippen LogP contribution in [0.3, 0.4) is 0 Å².